The Morgan fingerprint density at radius 1 is 0.639 bits per heavy atom. The Bertz CT molecular complexity index is 480. The van der Waals surface area contributed by atoms with Crippen LogP contribution in [0.5, 0.6) is 0 Å². The monoisotopic (exact) mass is 509 g/mol. The summed E-state index contributed by atoms with van der Waals surface area (Å²) in [5, 5.41) is 22.7. The molecule has 0 saturated heterocycles. The summed E-state index contributed by atoms with van der Waals surface area (Å²) in [6, 6.07) is -0.612. The molecule has 0 saturated carbocycles. The summed E-state index contributed by atoms with van der Waals surface area (Å²) in [4.78, 5) is 12.2. The number of aliphatic hydroxyl groups excluding tert-OH is 2. The topological polar surface area (TPSA) is 69.6 Å². The molecule has 0 heterocycles. The van der Waals surface area contributed by atoms with Crippen molar-refractivity contribution in [3.05, 3.63) is 12.2 Å². The molecule has 2 atom stereocenters. The normalized spacial score (nSPS) is 13.3. The fourth-order valence-electron chi connectivity index (χ4n) is 4.76. The second kappa shape index (κ2) is 28.7. The van der Waals surface area contributed by atoms with Gasteiger partial charge in [-0.05, 0) is 19.3 Å². The number of amides is 1. The van der Waals surface area contributed by atoms with Gasteiger partial charge in [0.05, 0.1) is 18.8 Å². The lowest BCUT2D eigenvalue weighted by molar-refractivity contribution is -0.123. The van der Waals surface area contributed by atoms with Crippen molar-refractivity contribution in [3.63, 3.8) is 0 Å². The van der Waals surface area contributed by atoms with Crippen LogP contribution in [0.1, 0.15) is 168 Å². The van der Waals surface area contributed by atoms with Gasteiger partial charge in [0.25, 0.3) is 0 Å². The Morgan fingerprint density at radius 2 is 1.03 bits per heavy atom. The Balaban J connectivity index is 3.62. The minimum Gasteiger partial charge on any atom is -0.394 e. The van der Waals surface area contributed by atoms with E-state index in [2.05, 4.69) is 19.2 Å². The van der Waals surface area contributed by atoms with Crippen molar-refractivity contribution < 1.29 is 15.0 Å². The summed E-state index contributed by atoms with van der Waals surface area (Å²) in [6.07, 6.45) is 32.9. The smallest absolute Gasteiger partial charge is 0.220 e. The number of hydrogen-bond donors (Lipinski definition) is 3. The van der Waals surface area contributed by atoms with Crippen molar-refractivity contribution >= 4 is 5.91 Å². The van der Waals surface area contributed by atoms with Crippen LogP contribution in [0.25, 0.3) is 0 Å². The third-order valence-electron chi connectivity index (χ3n) is 7.27. The third kappa shape index (κ3) is 24.8. The highest BCUT2D eigenvalue weighted by Gasteiger charge is 2.17. The fraction of sp³-hybridized carbons (Fsp3) is 0.906. The van der Waals surface area contributed by atoms with Crippen LogP contribution in [0.4, 0.5) is 0 Å². The predicted molar refractivity (Wildman–Crippen MR) is 156 cm³/mol. The molecular weight excluding hydrogens is 446 g/mol. The van der Waals surface area contributed by atoms with Gasteiger partial charge in [-0.15, -0.1) is 0 Å². The number of hydrogen-bond acceptors (Lipinski definition) is 3. The van der Waals surface area contributed by atoms with Crippen molar-refractivity contribution in [1.29, 1.82) is 0 Å². The number of unbranched alkanes of at least 4 members (excludes halogenated alkanes) is 21. The van der Waals surface area contributed by atoms with Gasteiger partial charge in [0.15, 0.2) is 0 Å². The zero-order valence-corrected chi connectivity index (χ0v) is 24.3. The molecule has 0 bridgehead atoms. The van der Waals surface area contributed by atoms with E-state index in [-0.39, 0.29) is 12.5 Å². The van der Waals surface area contributed by atoms with E-state index in [4.69, 9.17) is 0 Å². The van der Waals surface area contributed by atoms with Crippen LogP contribution in [0.2, 0.25) is 0 Å². The van der Waals surface area contributed by atoms with Gasteiger partial charge >= 0.3 is 0 Å². The first-order valence-electron chi connectivity index (χ1n) is 15.9. The maximum atomic E-state index is 12.2. The summed E-state index contributed by atoms with van der Waals surface area (Å²) in [7, 11) is 0. The van der Waals surface area contributed by atoms with Gasteiger partial charge in [-0.2, -0.15) is 0 Å². The highest BCUT2D eigenvalue weighted by molar-refractivity contribution is 5.76. The molecule has 4 nitrogen and oxygen atoms in total. The van der Waals surface area contributed by atoms with Crippen LogP contribution < -0.4 is 5.32 Å². The van der Waals surface area contributed by atoms with E-state index in [9.17, 15) is 15.0 Å². The van der Waals surface area contributed by atoms with Crippen molar-refractivity contribution in [2.75, 3.05) is 6.61 Å². The van der Waals surface area contributed by atoms with E-state index in [1.807, 2.05) is 6.08 Å². The van der Waals surface area contributed by atoms with Crippen molar-refractivity contribution in [2.24, 2.45) is 0 Å². The number of aliphatic hydroxyl groups is 2. The Hall–Kier alpha value is -0.870. The van der Waals surface area contributed by atoms with E-state index in [1.165, 1.54) is 122 Å². The average molecular weight is 510 g/mol. The second-order valence-corrected chi connectivity index (χ2v) is 10.9. The molecule has 4 heteroatoms. The van der Waals surface area contributed by atoms with E-state index in [1.54, 1.807) is 6.08 Å². The molecule has 0 unspecified atom stereocenters. The van der Waals surface area contributed by atoms with Gasteiger partial charge in [-0.3, -0.25) is 4.79 Å². The van der Waals surface area contributed by atoms with Gasteiger partial charge in [-0.1, -0.05) is 154 Å². The molecule has 0 aromatic carbocycles. The van der Waals surface area contributed by atoms with Gasteiger partial charge in [0.2, 0.25) is 5.91 Å². The molecule has 0 aromatic rings. The minimum atomic E-state index is -0.829. The highest BCUT2D eigenvalue weighted by Crippen LogP contribution is 2.14. The van der Waals surface area contributed by atoms with E-state index < -0.39 is 12.1 Å². The lowest BCUT2D eigenvalue weighted by atomic mass is 10.0. The predicted octanol–water partition coefficient (Wildman–Crippen LogP) is 8.78. The van der Waals surface area contributed by atoms with Gasteiger partial charge in [-0.25, -0.2) is 0 Å². The minimum absolute atomic E-state index is 0.0699. The van der Waals surface area contributed by atoms with Gasteiger partial charge < -0.3 is 15.5 Å². The van der Waals surface area contributed by atoms with Crippen LogP contribution in [0.3, 0.4) is 0 Å². The molecule has 0 aliphatic carbocycles. The van der Waals surface area contributed by atoms with Gasteiger partial charge in [0, 0.05) is 6.42 Å². The van der Waals surface area contributed by atoms with Gasteiger partial charge in [0.1, 0.15) is 0 Å². The second-order valence-electron chi connectivity index (χ2n) is 10.9. The molecule has 214 valence electrons. The Labute approximate surface area is 225 Å². The van der Waals surface area contributed by atoms with E-state index in [0.717, 1.165) is 25.7 Å². The third-order valence-corrected chi connectivity index (χ3v) is 7.27. The fourth-order valence-corrected chi connectivity index (χ4v) is 4.76. The van der Waals surface area contributed by atoms with Crippen LogP contribution in [0.15, 0.2) is 12.2 Å². The largest absolute Gasteiger partial charge is 0.394 e. The summed E-state index contributed by atoms with van der Waals surface area (Å²) < 4.78 is 0. The van der Waals surface area contributed by atoms with Crippen LogP contribution >= 0.6 is 0 Å². The molecule has 3 N–H and O–H groups in total. The van der Waals surface area contributed by atoms with Crippen molar-refractivity contribution in [2.45, 2.75) is 180 Å². The van der Waals surface area contributed by atoms with E-state index >= 15 is 0 Å². The highest BCUT2D eigenvalue weighted by atomic mass is 16.3. The number of nitrogens with one attached hydrogen (secondary N) is 1. The molecule has 0 rings (SSSR count). The first-order chi connectivity index (χ1) is 17.7. The summed E-state index contributed by atoms with van der Waals surface area (Å²) in [5.41, 5.74) is 0. The number of carbonyl (C=O) groups excluding carboxylic acids is 1. The first-order valence-corrected chi connectivity index (χ1v) is 15.9. The van der Waals surface area contributed by atoms with Crippen LogP contribution in [-0.2, 0) is 4.79 Å². The molecule has 0 aliphatic heterocycles. The number of allylic oxidation sites excluding steroid dienone is 1. The number of carbonyl (C=O) groups is 1. The Morgan fingerprint density at radius 3 is 1.44 bits per heavy atom. The molecule has 0 fully saturated rings. The molecule has 0 radical (unpaired) electrons. The van der Waals surface area contributed by atoms with Crippen molar-refractivity contribution in [3.8, 4) is 0 Å². The average Bonchev–Trinajstić information content (AvgIpc) is 2.88. The number of rotatable bonds is 28. The standard InChI is InChI=1S/C32H63NO3/c1-3-5-7-9-11-13-14-15-16-17-18-19-20-21-23-25-27-31(35)30(29-34)33-32(36)28-26-24-22-12-10-8-6-4-2/h25,27,30-31,34-35H,3-24,26,28-29H2,1-2H3,(H,33,36)/b27-25+/t30-,31+/m0/s1. The lowest BCUT2D eigenvalue weighted by Crippen LogP contribution is -2.45. The molecular formula is C32H63NO3. The molecule has 0 spiro atoms. The molecule has 36 heavy (non-hydrogen) atoms. The summed E-state index contributed by atoms with van der Waals surface area (Å²) in [5.74, 6) is -0.0699. The first kappa shape index (κ1) is 35.1. The van der Waals surface area contributed by atoms with Crippen LogP contribution in [-0.4, -0.2) is 34.9 Å². The maximum absolute atomic E-state index is 12.2. The van der Waals surface area contributed by atoms with E-state index in [0.29, 0.717) is 6.42 Å². The maximum Gasteiger partial charge on any atom is 0.220 e. The molecule has 0 aromatic heterocycles. The van der Waals surface area contributed by atoms with Crippen LogP contribution in [0, 0.1) is 0 Å². The Kier molecular flexibility index (Phi) is 28.0. The zero-order chi connectivity index (χ0) is 26.5. The van der Waals surface area contributed by atoms with Crippen molar-refractivity contribution in [1.82, 2.24) is 5.32 Å². The zero-order valence-electron chi connectivity index (χ0n) is 24.3. The lowest BCUT2D eigenvalue weighted by Gasteiger charge is -2.20. The summed E-state index contributed by atoms with van der Waals surface area (Å²) in [6.45, 7) is 4.26. The summed E-state index contributed by atoms with van der Waals surface area (Å²) >= 11 is 0. The quantitative estimate of drug-likeness (QED) is 0.0729. The molecule has 0 aliphatic rings. The molecule has 1 amide bonds. The SMILES string of the molecule is CCCCCCCCCCCCCCCC/C=C/[C@@H](O)[C@H](CO)NC(=O)CCCCCCCCCC.